The Morgan fingerprint density at radius 2 is 1.97 bits per heavy atom. The highest BCUT2D eigenvalue weighted by atomic mass is 32.2. The van der Waals surface area contributed by atoms with Crippen LogP contribution in [0.25, 0.3) is 11.2 Å². The number of nitrogen functional groups attached to an aromatic ring is 1. The Kier molecular flexibility index (Phi) is 5.74. The molecule has 1 aromatic carbocycles. The fraction of sp³-hybridized carbons (Fsp3) is 0.353. The smallest absolute Gasteiger partial charge is 0.336 e. The van der Waals surface area contributed by atoms with Crippen molar-refractivity contribution in [1.82, 2.24) is 24.2 Å². The van der Waals surface area contributed by atoms with E-state index >= 15 is 0 Å². The quantitative estimate of drug-likeness (QED) is 0.288. The minimum absolute atomic E-state index is 0.0669. The van der Waals surface area contributed by atoms with Gasteiger partial charge in [0.05, 0.1) is 12.9 Å². The molecule has 2 aromatic heterocycles. The van der Waals surface area contributed by atoms with Gasteiger partial charge in [-0.3, -0.25) is 8.75 Å². The van der Waals surface area contributed by atoms with Gasteiger partial charge in [-0.1, -0.05) is 18.2 Å². The zero-order valence-electron chi connectivity index (χ0n) is 15.9. The number of hydrogen-bond acceptors (Lipinski definition) is 11. The monoisotopic (exact) mass is 452 g/mol. The molecule has 0 bridgehead atoms. The number of ether oxygens (including phenoxy) is 1. The van der Waals surface area contributed by atoms with Crippen LogP contribution in [0.4, 0.5) is 5.82 Å². The number of nitrogens with two attached hydrogens (primary N) is 1. The Morgan fingerprint density at radius 1 is 1.19 bits per heavy atom. The minimum Gasteiger partial charge on any atom is -0.508 e. The number of nitrogens with one attached hydrogen (secondary N) is 1. The van der Waals surface area contributed by atoms with Gasteiger partial charge in [0.1, 0.15) is 35.9 Å². The van der Waals surface area contributed by atoms with E-state index in [-0.39, 0.29) is 23.8 Å². The van der Waals surface area contributed by atoms with E-state index in [9.17, 15) is 23.7 Å². The fourth-order valence-electron chi connectivity index (χ4n) is 3.18. The number of aromatic nitrogens is 4. The molecule has 31 heavy (non-hydrogen) atoms. The van der Waals surface area contributed by atoms with Crippen molar-refractivity contribution in [2.45, 2.75) is 31.1 Å². The third kappa shape index (κ3) is 4.30. The molecule has 1 fully saturated rings. The third-order valence-corrected chi connectivity index (χ3v) is 5.76. The zero-order valence-corrected chi connectivity index (χ0v) is 16.8. The summed E-state index contributed by atoms with van der Waals surface area (Å²) in [6.07, 6.45) is -2.55. The summed E-state index contributed by atoms with van der Waals surface area (Å²) in [7, 11) is -4.23. The van der Waals surface area contributed by atoms with Gasteiger partial charge in [-0.05, 0) is 6.07 Å². The lowest BCUT2D eigenvalue weighted by atomic mass is 10.1. The second kappa shape index (κ2) is 8.33. The average Bonchev–Trinajstić information content (AvgIpc) is 3.29. The number of fused-ring (bicyclic) bond motifs is 1. The van der Waals surface area contributed by atoms with Crippen LogP contribution in [0.1, 0.15) is 11.8 Å². The summed E-state index contributed by atoms with van der Waals surface area (Å²) in [6.45, 7) is -0.759. The topological polar surface area (TPSA) is 195 Å². The van der Waals surface area contributed by atoms with Gasteiger partial charge in [0.2, 0.25) is 0 Å². The highest BCUT2D eigenvalue weighted by molar-refractivity contribution is 7.84. The molecule has 166 valence electrons. The lowest BCUT2D eigenvalue weighted by Crippen LogP contribution is -2.36. The highest BCUT2D eigenvalue weighted by Gasteiger charge is 2.45. The molecule has 4 atom stereocenters. The molecule has 6 N–H and O–H groups in total. The van der Waals surface area contributed by atoms with E-state index < -0.39 is 41.5 Å². The van der Waals surface area contributed by atoms with Gasteiger partial charge in [0, 0.05) is 12.1 Å². The molecule has 0 aliphatic carbocycles. The number of aromatic hydroxyl groups is 1. The zero-order chi connectivity index (χ0) is 22.2. The van der Waals surface area contributed by atoms with Crippen molar-refractivity contribution in [3.8, 4) is 5.75 Å². The van der Waals surface area contributed by atoms with Crippen molar-refractivity contribution < 1.29 is 32.7 Å². The number of imidazole rings is 1. The van der Waals surface area contributed by atoms with Crippen molar-refractivity contribution >= 4 is 27.3 Å². The molecule has 1 saturated heterocycles. The van der Waals surface area contributed by atoms with Crippen LogP contribution in [0.3, 0.4) is 0 Å². The van der Waals surface area contributed by atoms with E-state index in [2.05, 4.69) is 19.7 Å². The van der Waals surface area contributed by atoms with E-state index in [4.69, 9.17) is 14.7 Å². The van der Waals surface area contributed by atoms with Gasteiger partial charge >= 0.3 is 10.3 Å². The average molecular weight is 452 g/mol. The Morgan fingerprint density at radius 3 is 2.74 bits per heavy atom. The second-order valence-electron chi connectivity index (χ2n) is 6.82. The summed E-state index contributed by atoms with van der Waals surface area (Å²) in [4.78, 5) is 12.0. The van der Waals surface area contributed by atoms with E-state index in [0.717, 1.165) is 0 Å². The first kappa shape index (κ1) is 21.4. The van der Waals surface area contributed by atoms with Gasteiger partial charge in [-0.25, -0.2) is 15.0 Å². The van der Waals surface area contributed by atoms with Crippen LogP contribution < -0.4 is 10.5 Å². The first-order valence-electron chi connectivity index (χ1n) is 9.12. The normalized spacial score (nSPS) is 24.1. The molecule has 1 aliphatic heterocycles. The van der Waals surface area contributed by atoms with Crippen LogP contribution >= 0.6 is 0 Å². The van der Waals surface area contributed by atoms with Crippen molar-refractivity contribution in [2.24, 2.45) is 0 Å². The fourth-order valence-corrected chi connectivity index (χ4v) is 3.91. The number of anilines is 1. The molecule has 4 rings (SSSR count). The Hall–Kier alpha value is -2.88. The Bertz CT molecular complexity index is 1190. The van der Waals surface area contributed by atoms with E-state index in [1.54, 1.807) is 18.2 Å². The predicted octanol–water partition coefficient (Wildman–Crippen LogP) is -1.22. The van der Waals surface area contributed by atoms with Gasteiger partial charge in [0.15, 0.2) is 17.7 Å². The standard InChI is InChI=1S/C17H20N6O7S/c18-15-12-16(20-7-19-15)23(8-21-12)17-14(26)13(25)11(30-17)6-29-31(27,28)22-5-9-3-1-2-4-10(9)24/h1-4,7-8,11,13-14,17,22,24-26H,5-6H2,(H2,18,19,20)/t11-,13-,14-,17-/m1/s1. The molecule has 3 aromatic rings. The highest BCUT2D eigenvalue weighted by Crippen LogP contribution is 2.32. The van der Waals surface area contributed by atoms with Crippen LogP contribution in [0, 0.1) is 0 Å². The number of hydrogen-bond donors (Lipinski definition) is 5. The molecular formula is C17H20N6O7S. The number of para-hydroxylation sites is 1. The van der Waals surface area contributed by atoms with Crippen LogP contribution in [0.2, 0.25) is 0 Å². The first-order chi connectivity index (χ1) is 14.8. The van der Waals surface area contributed by atoms with Crippen molar-refractivity contribution in [3.63, 3.8) is 0 Å². The van der Waals surface area contributed by atoms with E-state index in [1.165, 1.54) is 23.3 Å². The van der Waals surface area contributed by atoms with Crippen molar-refractivity contribution in [1.29, 1.82) is 0 Å². The lowest BCUT2D eigenvalue weighted by molar-refractivity contribution is -0.0469. The molecule has 13 nitrogen and oxygen atoms in total. The van der Waals surface area contributed by atoms with Crippen LogP contribution in [0.5, 0.6) is 5.75 Å². The van der Waals surface area contributed by atoms with Crippen LogP contribution in [-0.4, -0.2) is 68.2 Å². The second-order valence-corrected chi connectivity index (χ2v) is 8.25. The molecule has 0 saturated carbocycles. The van der Waals surface area contributed by atoms with E-state index in [1.807, 2.05) is 0 Å². The molecule has 3 heterocycles. The lowest BCUT2D eigenvalue weighted by Gasteiger charge is -2.16. The number of benzene rings is 1. The molecule has 0 amide bonds. The van der Waals surface area contributed by atoms with Crippen molar-refractivity contribution in [3.05, 3.63) is 42.5 Å². The summed E-state index contributed by atoms with van der Waals surface area (Å²) in [6, 6.07) is 6.22. The number of aliphatic hydroxyl groups is 2. The number of nitrogens with zero attached hydrogens (tertiary/aromatic N) is 4. The Labute approximate surface area is 176 Å². The molecule has 14 heteroatoms. The molecule has 0 unspecified atom stereocenters. The van der Waals surface area contributed by atoms with Crippen molar-refractivity contribution in [2.75, 3.05) is 12.3 Å². The maximum atomic E-state index is 12.1. The number of phenols is 1. The van der Waals surface area contributed by atoms with Gasteiger partial charge in [0.25, 0.3) is 0 Å². The largest absolute Gasteiger partial charge is 0.508 e. The maximum Gasteiger partial charge on any atom is 0.336 e. The van der Waals surface area contributed by atoms with Crippen LogP contribution in [0.15, 0.2) is 36.9 Å². The molecule has 0 spiro atoms. The SMILES string of the molecule is Nc1ncnc2c1ncn2[C@@H]1O[C@H](COS(=O)(=O)NCc2ccccc2O)[C@@H](O)[C@H]1O. The molecular weight excluding hydrogens is 432 g/mol. The van der Waals surface area contributed by atoms with Crippen LogP contribution in [-0.2, 0) is 25.8 Å². The maximum absolute atomic E-state index is 12.1. The number of rotatable bonds is 7. The first-order valence-corrected chi connectivity index (χ1v) is 10.5. The summed E-state index contributed by atoms with van der Waals surface area (Å²) in [5.41, 5.74) is 6.68. The number of aliphatic hydroxyl groups excluding tert-OH is 2. The molecule has 0 radical (unpaired) electrons. The molecule has 1 aliphatic rings. The summed E-state index contributed by atoms with van der Waals surface area (Å²) in [5.74, 6) is 0.0704. The number of phenolic OH excluding ortho intramolecular Hbond substituents is 1. The third-order valence-electron chi connectivity index (χ3n) is 4.82. The van der Waals surface area contributed by atoms with Gasteiger partial charge in [-0.15, -0.1) is 0 Å². The van der Waals surface area contributed by atoms with Gasteiger partial charge < -0.3 is 25.8 Å². The summed E-state index contributed by atoms with van der Waals surface area (Å²) in [5, 5.41) is 30.4. The summed E-state index contributed by atoms with van der Waals surface area (Å²) < 4.78 is 38.3. The predicted molar refractivity (Wildman–Crippen MR) is 105 cm³/mol. The van der Waals surface area contributed by atoms with Gasteiger partial charge in [-0.2, -0.15) is 13.1 Å². The minimum atomic E-state index is -4.23. The summed E-state index contributed by atoms with van der Waals surface area (Å²) >= 11 is 0. The Balaban J connectivity index is 1.41. The van der Waals surface area contributed by atoms with E-state index in [0.29, 0.717) is 11.1 Å².